The first-order chi connectivity index (χ1) is 13.1. The van der Waals surface area contributed by atoms with Crippen LogP contribution in [0.5, 0.6) is 0 Å². The van der Waals surface area contributed by atoms with Crippen LogP contribution in [0.3, 0.4) is 0 Å². The van der Waals surface area contributed by atoms with E-state index in [9.17, 15) is 9.90 Å². The number of carbonyl (C=O) groups is 1. The first-order valence-corrected chi connectivity index (χ1v) is 9.69. The molecule has 1 aromatic carbocycles. The Bertz CT molecular complexity index is 962. The van der Waals surface area contributed by atoms with Gasteiger partial charge in [0.15, 0.2) is 4.34 Å². The normalized spacial score (nSPS) is 11.9. The van der Waals surface area contributed by atoms with Crippen LogP contribution >= 0.6 is 23.1 Å². The van der Waals surface area contributed by atoms with E-state index in [1.807, 2.05) is 24.3 Å². The molecule has 27 heavy (non-hydrogen) atoms. The second-order valence-corrected chi connectivity index (χ2v) is 7.45. The lowest BCUT2D eigenvalue weighted by Gasteiger charge is -2.06. The van der Waals surface area contributed by atoms with Gasteiger partial charge in [0.1, 0.15) is 17.2 Å². The SMILES string of the molecule is C=CCNc1nnc(SC/C(O)=C(\C(=O)OC)c2nc3ccccc3[nH]2)s1. The minimum Gasteiger partial charge on any atom is -0.510 e. The predicted octanol–water partition coefficient (Wildman–Crippen LogP) is 3.25. The summed E-state index contributed by atoms with van der Waals surface area (Å²) in [5, 5.41) is 22.3. The minimum atomic E-state index is -0.669. The minimum absolute atomic E-state index is 0.00396. The molecule has 3 rings (SSSR count). The van der Waals surface area contributed by atoms with Gasteiger partial charge in [-0.15, -0.1) is 16.8 Å². The zero-order valence-electron chi connectivity index (χ0n) is 14.4. The van der Waals surface area contributed by atoms with Crippen LogP contribution in [0.1, 0.15) is 5.82 Å². The van der Waals surface area contributed by atoms with Crippen molar-refractivity contribution in [2.24, 2.45) is 0 Å². The van der Waals surface area contributed by atoms with E-state index in [2.05, 4.69) is 32.1 Å². The molecule has 0 bridgehead atoms. The fourth-order valence-electron chi connectivity index (χ4n) is 2.23. The highest BCUT2D eigenvalue weighted by Crippen LogP contribution is 2.29. The number of H-pyrrole nitrogens is 1. The van der Waals surface area contributed by atoms with Crippen LogP contribution in [0, 0.1) is 0 Å². The Hall–Kier alpha value is -2.85. The molecule has 2 heterocycles. The number of aromatic nitrogens is 4. The van der Waals surface area contributed by atoms with Gasteiger partial charge in [0.05, 0.1) is 23.9 Å². The van der Waals surface area contributed by atoms with E-state index < -0.39 is 5.97 Å². The number of imidazole rings is 1. The van der Waals surface area contributed by atoms with Crippen molar-refractivity contribution in [3.8, 4) is 0 Å². The molecule has 0 atom stereocenters. The lowest BCUT2D eigenvalue weighted by Crippen LogP contribution is -2.09. The number of nitrogens with one attached hydrogen (secondary N) is 2. The first-order valence-electron chi connectivity index (χ1n) is 7.89. The van der Waals surface area contributed by atoms with Gasteiger partial charge in [0, 0.05) is 6.54 Å². The zero-order chi connectivity index (χ0) is 19.2. The van der Waals surface area contributed by atoms with E-state index >= 15 is 0 Å². The van der Waals surface area contributed by atoms with Crippen LogP contribution in [0.2, 0.25) is 0 Å². The second-order valence-electron chi connectivity index (χ2n) is 5.25. The van der Waals surface area contributed by atoms with Crippen molar-refractivity contribution >= 4 is 50.8 Å². The molecule has 10 heteroatoms. The summed E-state index contributed by atoms with van der Waals surface area (Å²) in [5.41, 5.74) is 1.45. The Kier molecular flexibility index (Phi) is 6.09. The number of aliphatic hydroxyl groups excluding tert-OH is 1. The highest BCUT2D eigenvalue weighted by atomic mass is 32.2. The van der Waals surface area contributed by atoms with Gasteiger partial charge in [-0.3, -0.25) is 0 Å². The van der Waals surface area contributed by atoms with Gasteiger partial charge < -0.3 is 20.1 Å². The van der Waals surface area contributed by atoms with Gasteiger partial charge in [0.2, 0.25) is 5.13 Å². The number of ether oxygens (including phenoxy) is 1. The zero-order valence-corrected chi connectivity index (χ0v) is 16.1. The van der Waals surface area contributed by atoms with Crippen LogP contribution in [0.25, 0.3) is 16.6 Å². The van der Waals surface area contributed by atoms with E-state index in [1.165, 1.54) is 30.2 Å². The van der Waals surface area contributed by atoms with Crippen LogP contribution in [0.15, 0.2) is 47.0 Å². The number of fused-ring (bicyclic) bond motifs is 1. The number of carbonyl (C=O) groups excluding carboxylic acids is 1. The summed E-state index contributed by atoms with van der Waals surface area (Å²) in [4.78, 5) is 19.6. The van der Waals surface area contributed by atoms with E-state index in [-0.39, 0.29) is 22.9 Å². The molecule has 0 aliphatic carbocycles. The summed E-state index contributed by atoms with van der Waals surface area (Å²) >= 11 is 2.61. The number of hydrogen-bond donors (Lipinski definition) is 3. The van der Waals surface area contributed by atoms with Gasteiger partial charge in [-0.25, -0.2) is 9.78 Å². The maximum Gasteiger partial charge on any atom is 0.345 e. The molecule has 0 amide bonds. The third-order valence-corrected chi connectivity index (χ3v) is 5.47. The highest BCUT2D eigenvalue weighted by molar-refractivity contribution is 8.01. The number of rotatable bonds is 8. The van der Waals surface area contributed by atoms with Crippen molar-refractivity contribution in [3.63, 3.8) is 0 Å². The third-order valence-electron chi connectivity index (χ3n) is 3.44. The second kappa shape index (κ2) is 8.69. The molecule has 0 aliphatic heterocycles. The van der Waals surface area contributed by atoms with E-state index in [4.69, 9.17) is 4.74 Å². The monoisotopic (exact) mass is 403 g/mol. The largest absolute Gasteiger partial charge is 0.510 e. The van der Waals surface area contributed by atoms with Crippen molar-refractivity contribution in [2.45, 2.75) is 4.34 Å². The van der Waals surface area contributed by atoms with Gasteiger partial charge in [-0.05, 0) is 12.1 Å². The maximum atomic E-state index is 12.2. The number of nitrogens with zero attached hydrogens (tertiary/aromatic N) is 3. The number of para-hydroxylation sites is 2. The Morgan fingerprint density at radius 2 is 2.26 bits per heavy atom. The van der Waals surface area contributed by atoms with Crippen molar-refractivity contribution < 1.29 is 14.6 Å². The quantitative estimate of drug-likeness (QED) is 0.173. The molecule has 2 aromatic heterocycles. The smallest absolute Gasteiger partial charge is 0.345 e. The molecule has 140 valence electrons. The van der Waals surface area contributed by atoms with Crippen molar-refractivity contribution in [1.82, 2.24) is 20.2 Å². The average molecular weight is 403 g/mol. The third kappa shape index (κ3) is 4.47. The summed E-state index contributed by atoms with van der Waals surface area (Å²) in [5.74, 6) is -0.441. The van der Waals surface area contributed by atoms with Crippen LogP contribution in [-0.4, -0.2) is 50.6 Å². The standard InChI is InChI=1S/C17H17N5O3S2/c1-3-8-18-16-21-22-17(27-16)26-9-12(23)13(15(24)25-2)14-19-10-6-4-5-7-11(10)20-14/h3-7,23H,1,8-9H2,2H3,(H,18,21)(H,19,20)/b13-12+. The Morgan fingerprint density at radius 3 is 3.00 bits per heavy atom. The fraction of sp³-hybridized carbons (Fsp3) is 0.176. The van der Waals surface area contributed by atoms with Gasteiger partial charge in [0.25, 0.3) is 0 Å². The topological polar surface area (TPSA) is 113 Å². The van der Waals surface area contributed by atoms with Gasteiger partial charge >= 0.3 is 5.97 Å². The van der Waals surface area contributed by atoms with E-state index in [1.54, 1.807) is 6.08 Å². The number of benzene rings is 1. The van der Waals surface area contributed by atoms with Gasteiger partial charge in [-0.1, -0.05) is 41.3 Å². The number of aromatic amines is 1. The molecule has 0 radical (unpaired) electrons. The molecule has 0 spiro atoms. The average Bonchev–Trinajstić information content (AvgIpc) is 3.31. The molecular formula is C17H17N5O3S2. The summed E-state index contributed by atoms with van der Waals surface area (Å²) in [6.07, 6.45) is 1.72. The molecule has 0 unspecified atom stereocenters. The summed E-state index contributed by atoms with van der Waals surface area (Å²) in [7, 11) is 1.26. The van der Waals surface area contributed by atoms with E-state index in [0.29, 0.717) is 21.5 Å². The highest BCUT2D eigenvalue weighted by Gasteiger charge is 2.22. The summed E-state index contributed by atoms with van der Waals surface area (Å²) in [6, 6.07) is 7.35. The first kappa shape index (κ1) is 18.9. The number of methoxy groups -OCH3 is 1. The van der Waals surface area contributed by atoms with E-state index in [0.717, 1.165) is 5.52 Å². The molecule has 8 nitrogen and oxygen atoms in total. The Morgan fingerprint density at radius 1 is 1.44 bits per heavy atom. The number of thioether (sulfide) groups is 1. The van der Waals surface area contributed by atoms with Gasteiger partial charge in [-0.2, -0.15) is 0 Å². The van der Waals surface area contributed by atoms with Crippen LogP contribution in [0.4, 0.5) is 5.13 Å². The molecular weight excluding hydrogens is 386 g/mol. The lowest BCUT2D eigenvalue weighted by molar-refractivity contribution is -0.133. The Labute approximate surface area is 163 Å². The van der Waals surface area contributed by atoms with Crippen molar-refractivity contribution in [3.05, 3.63) is 48.5 Å². The van der Waals surface area contributed by atoms with Crippen LogP contribution < -0.4 is 5.32 Å². The number of esters is 1. The number of anilines is 1. The molecule has 3 aromatic rings. The van der Waals surface area contributed by atoms with Crippen molar-refractivity contribution in [2.75, 3.05) is 24.7 Å². The molecule has 0 saturated carbocycles. The summed E-state index contributed by atoms with van der Waals surface area (Å²) in [6.45, 7) is 4.21. The molecule has 0 saturated heterocycles. The molecule has 0 aliphatic rings. The van der Waals surface area contributed by atoms with Crippen LogP contribution in [-0.2, 0) is 9.53 Å². The number of hydrogen-bond acceptors (Lipinski definition) is 9. The summed E-state index contributed by atoms with van der Waals surface area (Å²) < 4.78 is 5.47. The number of aliphatic hydroxyl groups is 1. The maximum absolute atomic E-state index is 12.2. The van der Waals surface area contributed by atoms with Crippen molar-refractivity contribution in [1.29, 1.82) is 0 Å². The molecule has 3 N–H and O–H groups in total. The Balaban J connectivity index is 1.82. The molecule has 0 fully saturated rings. The lowest BCUT2D eigenvalue weighted by atomic mass is 10.2. The predicted molar refractivity (Wildman–Crippen MR) is 107 cm³/mol. The fourth-order valence-corrected chi connectivity index (χ4v) is 3.86.